The number of aldehydes is 1. The summed E-state index contributed by atoms with van der Waals surface area (Å²) in [5.74, 6) is -2.59. The molecule has 0 aliphatic heterocycles. The summed E-state index contributed by atoms with van der Waals surface area (Å²) in [6, 6.07) is 22.9. The topological polar surface area (TPSA) is 593 Å². The van der Waals surface area contributed by atoms with Crippen LogP contribution in [0.4, 0.5) is 28.4 Å². The average Bonchev–Trinajstić information content (AvgIpc) is 1.59. The number of hydrogen-bond acceptors (Lipinski definition) is 25. The average molecular weight is 2230 g/mol. The summed E-state index contributed by atoms with van der Waals surface area (Å²) < 4.78 is 18.3. The number of aryl methyl sites for hydroxylation is 4. The van der Waals surface area contributed by atoms with Gasteiger partial charge in [0.2, 0.25) is 23.6 Å². The van der Waals surface area contributed by atoms with Crippen LogP contribution in [-0.2, 0) is 145 Å². The van der Waals surface area contributed by atoms with Gasteiger partial charge in [0.15, 0.2) is 12.1 Å². The van der Waals surface area contributed by atoms with Gasteiger partial charge in [0.1, 0.15) is 35.4 Å². The number of nitrogens with one attached hydrogen (secondary N) is 2. The minimum absolute atomic E-state index is 0. The van der Waals surface area contributed by atoms with E-state index in [4.69, 9.17) is 89.4 Å². The summed E-state index contributed by atoms with van der Waals surface area (Å²) in [5.41, 5.74) is 59.9. The van der Waals surface area contributed by atoms with Crippen molar-refractivity contribution in [1.29, 1.82) is 0 Å². The van der Waals surface area contributed by atoms with Crippen LogP contribution in [0.3, 0.4) is 0 Å². The number of nitrogens with two attached hydrogens (primary N) is 6. The Balaban J connectivity index is 0.00000160. The Morgan fingerprint density at radius 3 is 1.03 bits per heavy atom. The van der Waals surface area contributed by atoms with E-state index < -0.39 is 60.2 Å². The first-order valence-electron chi connectivity index (χ1n) is 41.1. The SMILES string of the molecule is CC(=O)c1c(C)c(C)c(C)c([N+](=O)[O-])c1C.CCOC(=O)c1sc2ccccc2c1-c1nc2c(C)c(C(N)=O)c(C)c(C)c2[n-]1.CCOC(=O)c1sc2ccccc2c1-c1nc2c(C)c(C(N)=O)c(C)c(C)c2[n-]1.CCOC(=O)c1sc2ccccc2c1C=O.Cc1c(C)c(C(N)=O)c(C)c(N)c1[NH-].Cc1c(C)c(C(N)=O)c(C)c([N+](=O)[O-])c1[NH-].[CH2-]B(C)O.[CH2-]B(C)O.[CH2-]B(C)O.[NH2-].[Y].[Y].[Y].[Y]. The smallest absolute Gasteiger partial charge is 0.349 e. The van der Waals surface area contributed by atoms with E-state index in [9.17, 15) is 63.4 Å². The number of hydrogen-bond donors (Lipinski definition) is 8. The first kappa shape index (κ1) is 128. The maximum Gasteiger partial charge on any atom is 0.349 e. The molecule has 137 heavy (non-hydrogen) atoms. The summed E-state index contributed by atoms with van der Waals surface area (Å²) in [6.45, 7) is 48.8. The fraction of sp³-hybridized carbons (Fsp3) is 0.277. The van der Waals surface area contributed by atoms with E-state index in [1.807, 2.05) is 128 Å². The second-order valence-corrected chi connectivity index (χ2v) is 33.7. The van der Waals surface area contributed by atoms with Gasteiger partial charge in [-0.15, -0.1) is 39.7 Å². The van der Waals surface area contributed by atoms with Gasteiger partial charge in [-0.1, -0.05) is 91.9 Å². The summed E-state index contributed by atoms with van der Waals surface area (Å²) in [6.07, 6.45) is 0.713. The Kier molecular flexibility index (Phi) is 53.1. The van der Waals surface area contributed by atoms with Crippen LogP contribution in [0.5, 0.6) is 0 Å². The van der Waals surface area contributed by atoms with Gasteiger partial charge in [0, 0.05) is 222 Å². The molecule has 0 aliphatic rings. The molecule has 718 valence electrons. The number of nitro benzene ring substituents is 2. The van der Waals surface area contributed by atoms with E-state index in [1.165, 1.54) is 47.9 Å². The molecule has 0 saturated carbocycles. The minimum atomic E-state index is -0.707. The molecule has 17 N–H and O–H groups in total. The number of nitro groups is 2. The van der Waals surface area contributed by atoms with Crippen molar-refractivity contribution in [3.05, 3.63) is 268 Å². The second-order valence-electron chi connectivity index (χ2n) is 30.5. The van der Waals surface area contributed by atoms with Crippen molar-refractivity contribution in [1.82, 2.24) is 19.9 Å². The fourth-order valence-electron chi connectivity index (χ4n) is 14.4. The number of aromatic nitrogens is 4. The zero-order chi connectivity index (χ0) is 100. The van der Waals surface area contributed by atoms with Gasteiger partial charge in [-0.2, -0.15) is 0 Å². The van der Waals surface area contributed by atoms with Crippen LogP contribution in [0.25, 0.3) is 92.7 Å². The van der Waals surface area contributed by atoms with Crippen molar-refractivity contribution in [3.8, 4) is 22.8 Å². The monoisotopic (exact) mass is 2220 g/mol. The Bertz CT molecular complexity index is 6250. The summed E-state index contributed by atoms with van der Waals surface area (Å²) >= 11 is 4.03. The molecule has 8 aromatic carbocycles. The predicted octanol–water partition coefficient (Wildman–Crippen LogP) is 19.4. The molecule has 13 aromatic rings. The molecular formula is C94H111B3N14O19S3Y4-8. The van der Waals surface area contributed by atoms with Crippen molar-refractivity contribution < 1.29 is 213 Å². The second kappa shape index (κ2) is 56.9. The van der Waals surface area contributed by atoms with Gasteiger partial charge in [-0.25, -0.2) is 14.4 Å². The van der Waals surface area contributed by atoms with Crippen LogP contribution in [0, 0.1) is 151 Å². The zero-order valence-electron chi connectivity index (χ0n) is 81.0. The normalized spacial score (nSPS) is 10.0. The maximum absolute atomic E-state index is 12.6. The predicted molar refractivity (Wildman–Crippen MR) is 535 cm³/mol. The molecule has 13 rings (SSSR count). The molecule has 0 fully saturated rings. The van der Waals surface area contributed by atoms with Gasteiger partial charge in [-0.3, -0.25) is 49.0 Å². The van der Waals surface area contributed by atoms with Gasteiger partial charge < -0.3 is 116 Å². The number of amides is 4. The number of nitrogen functional groups attached to an aromatic ring is 1. The summed E-state index contributed by atoms with van der Waals surface area (Å²) in [7, 11) is 0. The molecule has 0 bridgehead atoms. The zero-order valence-corrected chi connectivity index (χ0v) is 94.8. The van der Waals surface area contributed by atoms with Crippen molar-refractivity contribution in [3.63, 3.8) is 0 Å². The number of carbonyl (C=O) groups excluding carboxylic acids is 9. The van der Waals surface area contributed by atoms with Crippen LogP contribution >= 0.6 is 34.0 Å². The first-order chi connectivity index (χ1) is 61.6. The van der Waals surface area contributed by atoms with Crippen molar-refractivity contribution >= 4 is 189 Å². The van der Waals surface area contributed by atoms with E-state index in [0.717, 1.165) is 69.2 Å². The van der Waals surface area contributed by atoms with Crippen LogP contribution in [0.15, 0.2) is 72.8 Å². The number of benzene rings is 8. The Labute approximate surface area is 910 Å². The Morgan fingerprint density at radius 2 is 0.708 bits per heavy atom. The number of thiophene rings is 3. The third-order valence-electron chi connectivity index (χ3n) is 21.1. The van der Waals surface area contributed by atoms with Crippen molar-refractivity contribution in [2.24, 2.45) is 22.9 Å². The van der Waals surface area contributed by atoms with E-state index in [2.05, 4.69) is 20.5 Å². The molecule has 4 amide bonds. The number of Topliss-reactive ketones (excluding diaryl/α,β-unsaturated/α-hetero) is 1. The van der Waals surface area contributed by atoms with E-state index in [1.54, 1.807) is 89.7 Å². The van der Waals surface area contributed by atoms with E-state index >= 15 is 0 Å². The fourth-order valence-corrected chi connectivity index (χ4v) is 17.6. The van der Waals surface area contributed by atoms with Gasteiger partial charge in [-0.05, 0) is 252 Å². The minimum Gasteiger partial charge on any atom is -0.697 e. The molecule has 43 heteroatoms. The van der Waals surface area contributed by atoms with Gasteiger partial charge >= 0.3 is 17.9 Å². The van der Waals surface area contributed by atoms with Crippen molar-refractivity contribution in [2.45, 2.75) is 159 Å². The third-order valence-corrected chi connectivity index (χ3v) is 24.5. The molecular weight excluding hydrogens is 2110 g/mol. The standard InChI is InChI=1S/2C22H21N3O3S.C12H15NO3.C12H10O3S.C10H13N3O3.C10H15N3O.3C2H6BO.H2N.4Y/c2*1-5-28-22(27)19-16(13-8-6-7-9-14(13)29-19)21-24-17-11(3)10(2)15(20(23)26)12(4)18(17)25-21;1-6-7(2)11(10(5)14)9(4)12(8(6)3)13(15)16;1-2-15-12(14)11-9(7-13)8-5-3-4-6-10(8)16-11;1-4-5(2)8(11)9(13(15)16)6(3)7(4)10(12)14;1-4-5(2)8(11)9(12)6(3)7(4)10(13)14;3*1-3(2)4;;;;;/h2*6-9H,5H2,1-4H3,(H3,23,24,25,26,27);1-5H3;3-7H,2H2,1H3;1-3H3,(H4,11,12,14);12H2,1-3H3,(H4,11,13,14);3*4H,1H2,2H3;1H2;;;;/q;;;;;;4*-1;;;;/p-4. The number of esters is 3. The van der Waals surface area contributed by atoms with Crippen LogP contribution in [-0.4, -0.2) is 129 Å². The third kappa shape index (κ3) is 30.4. The van der Waals surface area contributed by atoms with Crippen LogP contribution < -0.4 is 38.6 Å². The molecule has 5 aromatic heterocycles. The number of ketones is 1. The Hall–Kier alpha value is -9.14. The molecule has 0 aliphatic carbocycles. The Morgan fingerprint density at radius 1 is 0.431 bits per heavy atom. The molecule has 5 heterocycles. The summed E-state index contributed by atoms with van der Waals surface area (Å²) in [5, 5.41) is 48.2. The maximum atomic E-state index is 12.6. The molecule has 0 atom stereocenters. The largest absolute Gasteiger partial charge is 0.697 e. The molecule has 0 spiro atoms. The van der Waals surface area contributed by atoms with Crippen LogP contribution in [0.1, 0.15) is 208 Å². The van der Waals surface area contributed by atoms with Gasteiger partial charge in [0.05, 0.1) is 35.2 Å². The molecule has 0 saturated heterocycles. The number of carbonyl (C=O) groups is 9. The first-order valence-corrected chi connectivity index (χ1v) is 43.6. The molecule has 33 nitrogen and oxygen atoms in total. The van der Waals surface area contributed by atoms with Crippen molar-refractivity contribution in [2.75, 3.05) is 25.6 Å². The quantitative estimate of drug-likeness (QED) is 0.00512. The number of imidazole rings is 2. The molecule has 0 unspecified atom stereocenters. The molecule has 4 radical (unpaired) electrons. The number of nitrogens with zero attached hydrogens (tertiary/aromatic N) is 6. The van der Waals surface area contributed by atoms with Crippen LogP contribution in [0.2, 0.25) is 20.5 Å². The number of anilines is 1. The van der Waals surface area contributed by atoms with Gasteiger partial charge in [0.25, 0.3) is 11.4 Å². The number of fused-ring (bicyclic) bond motifs is 5. The number of rotatable bonds is 16. The number of primary amides is 4. The van der Waals surface area contributed by atoms with E-state index in [0.29, 0.717) is 150 Å². The van der Waals surface area contributed by atoms with E-state index in [-0.39, 0.29) is 202 Å². The number of ether oxygens (including phenoxy) is 3. The summed E-state index contributed by atoms with van der Waals surface area (Å²) in [4.78, 5) is 147.